The number of rotatable bonds is 8. The number of carbonyl (C=O) groups excluding carboxylic acids is 3. The molecule has 2 rings (SSSR count). The number of carbonyl (C=O) groups is 3. The van der Waals surface area contributed by atoms with E-state index in [0.29, 0.717) is 5.56 Å². The lowest BCUT2D eigenvalue weighted by molar-refractivity contribution is -0.129. The SMILES string of the molecule is CCN(CC)S(=O)(=O)c1cccc(C(=O)O[C@H](C(=O)NC(=O)NC)c2ccccc2)c1. The summed E-state index contributed by atoms with van der Waals surface area (Å²) in [6.45, 7) is 4.00. The smallest absolute Gasteiger partial charge is 0.339 e. The number of imide groups is 1. The van der Waals surface area contributed by atoms with Crippen LogP contribution in [0.3, 0.4) is 0 Å². The van der Waals surface area contributed by atoms with Gasteiger partial charge in [0.05, 0.1) is 10.5 Å². The fourth-order valence-corrected chi connectivity index (χ4v) is 4.32. The standard InChI is InChI=1S/C21H25N3O6S/c1-4-24(5-2)31(28,29)17-13-9-12-16(14-17)20(26)30-18(15-10-7-6-8-11-15)19(25)23-21(27)22-3/h6-14,18H,4-5H2,1-3H3,(H2,22,23,25,27)/t18-/m0/s1. The normalized spacial score (nSPS) is 12.1. The largest absolute Gasteiger partial charge is 0.444 e. The van der Waals surface area contributed by atoms with Crippen molar-refractivity contribution >= 4 is 27.9 Å². The molecule has 3 amide bonds. The maximum Gasteiger partial charge on any atom is 0.339 e. The van der Waals surface area contributed by atoms with E-state index in [1.807, 2.05) is 0 Å². The van der Waals surface area contributed by atoms with E-state index >= 15 is 0 Å². The Morgan fingerprint density at radius 1 is 1.00 bits per heavy atom. The molecule has 31 heavy (non-hydrogen) atoms. The van der Waals surface area contributed by atoms with Crippen LogP contribution >= 0.6 is 0 Å². The van der Waals surface area contributed by atoms with Crippen molar-refractivity contribution in [2.45, 2.75) is 24.8 Å². The van der Waals surface area contributed by atoms with Gasteiger partial charge in [0.25, 0.3) is 5.91 Å². The molecule has 9 nitrogen and oxygen atoms in total. The van der Waals surface area contributed by atoms with Gasteiger partial charge in [-0.05, 0) is 18.2 Å². The number of esters is 1. The number of benzene rings is 2. The first-order chi connectivity index (χ1) is 14.7. The Hall–Kier alpha value is -3.24. The molecule has 0 fully saturated rings. The van der Waals surface area contributed by atoms with E-state index in [2.05, 4.69) is 10.6 Å². The highest BCUT2D eigenvalue weighted by Crippen LogP contribution is 2.22. The van der Waals surface area contributed by atoms with Gasteiger partial charge in [-0.1, -0.05) is 50.2 Å². The fraction of sp³-hybridized carbons (Fsp3) is 0.286. The van der Waals surface area contributed by atoms with Crippen molar-refractivity contribution in [1.29, 1.82) is 0 Å². The van der Waals surface area contributed by atoms with Crippen molar-refractivity contribution < 1.29 is 27.5 Å². The lowest BCUT2D eigenvalue weighted by Crippen LogP contribution is -2.41. The number of hydrogen-bond donors (Lipinski definition) is 2. The van der Waals surface area contributed by atoms with Gasteiger partial charge >= 0.3 is 12.0 Å². The van der Waals surface area contributed by atoms with Crippen LogP contribution in [0.25, 0.3) is 0 Å². The van der Waals surface area contributed by atoms with Gasteiger partial charge in [0.1, 0.15) is 0 Å². The molecule has 0 bridgehead atoms. The Kier molecular flexibility index (Phi) is 8.29. The zero-order valence-electron chi connectivity index (χ0n) is 17.5. The summed E-state index contributed by atoms with van der Waals surface area (Å²) in [5.41, 5.74) is 0.311. The number of sulfonamides is 1. The van der Waals surface area contributed by atoms with Crippen molar-refractivity contribution in [3.8, 4) is 0 Å². The lowest BCUT2D eigenvalue weighted by atomic mass is 10.1. The number of nitrogens with zero attached hydrogens (tertiary/aromatic N) is 1. The number of hydrogen-bond acceptors (Lipinski definition) is 6. The molecule has 2 N–H and O–H groups in total. The number of urea groups is 1. The third-order valence-electron chi connectivity index (χ3n) is 4.44. The molecular weight excluding hydrogens is 422 g/mol. The predicted octanol–water partition coefficient (Wildman–Crippen LogP) is 2.07. The molecule has 0 aliphatic carbocycles. The monoisotopic (exact) mass is 447 g/mol. The quantitative estimate of drug-likeness (QED) is 0.598. The zero-order chi connectivity index (χ0) is 23.0. The van der Waals surface area contributed by atoms with Crippen LogP contribution in [-0.2, 0) is 19.6 Å². The maximum absolute atomic E-state index is 12.8. The highest BCUT2D eigenvalue weighted by molar-refractivity contribution is 7.89. The molecule has 0 unspecified atom stereocenters. The minimum Gasteiger partial charge on any atom is -0.444 e. The second-order valence-corrected chi connectivity index (χ2v) is 8.32. The second kappa shape index (κ2) is 10.7. The summed E-state index contributed by atoms with van der Waals surface area (Å²) in [5, 5.41) is 4.33. The van der Waals surface area contributed by atoms with E-state index in [0.717, 1.165) is 0 Å². The van der Waals surface area contributed by atoms with Crippen LogP contribution in [0.15, 0.2) is 59.5 Å². The van der Waals surface area contributed by atoms with Gasteiger partial charge < -0.3 is 10.1 Å². The van der Waals surface area contributed by atoms with Gasteiger partial charge in [0.15, 0.2) is 0 Å². The molecule has 0 heterocycles. The van der Waals surface area contributed by atoms with Gasteiger partial charge in [-0.3, -0.25) is 10.1 Å². The minimum absolute atomic E-state index is 0.0399. The molecule has 0 radical (unpaired) electrons. The van der Waals surface area contributed by atoms with Crippen LogP contribution in [0, 0.1) is 0 Å². The third-order valence-corrected chi connectivity index (χ3v) is 6.49. The summed E-state index contributed by atoms with van der Waals surface area (Å²) in [4.78, 5) is 36.8. The van der Waals surface area contributed by atoms with E-state index in [4.69, 9.17) is 4.74 Å². The maximum atomic E-state index is 12.8. The van der Waals surface area contributed by atoms with Gasteiger partial charge in [0.2, 0.25) is 16.1 Å². The van der Waals surface area contributed by atoms with E-state index in [1.54, 1.807) is 44.2 Å². The number of ether oxygens (including phenoxy) is 1. The molecule has 0 aromatic heterocycles. The summed E-state index contributed by atoms with van der Waals surface area (Å²) in [7, 11) is -2.44. The van der Waals surface area contributed by atoms with E-state index in [-0.39, 0.29) is 23.5 Å². The highest BCUT2D eigenvalue weighted by atomic mass is 32.2. The Labute approximate surface area is 181 Å². The van der Waals surface area contributed by atoms with Crippen LogP contribution in [-0.4, -0.2) is 50.8 Å². The molecule has 0 saturated carbocycles. The lowest BCUT2D eigenvalue weighted by Gasteiger charge is -2.19. The van der Waals surface area contributed by atoms with Crippen molar-refractivity contribution in [1.82, 2.24) is 14.9 Å². The van der Waals surface area contributed by atoms with Crippen molar-refractivity contribution in [3.63, 3.8) is 0 Å². The first kappa shape index (κ1) is 24.0. The highest BCUT2D eigenvalue weighted by Gasteiger charge is 2.28. The van der Waals surface area contributed by atoms with Crippen LogP contribution < -0.4 is 10.6 Å². The number of amides is 3. The molecule has 0 saturated heterocycles. The molecule has 0 aliphatic rings. The zero-order valence-corrected chi connectivity index (χ0v) is 18.3. The molecular formula is C21H25N3O6S. The molecule has 2 aromatic carbocycles. The average molecular weight is 448 g/mol. The van der Waals surface area contributed by atoms with Crippen LogP contribution in [0.4, 0.5) is 4.79 Å². The molecule has 10 heteroatoms. The van der Waals surface area contributed by atoms with Crippen molar-refractivity contribution in [2.24, 2.45) is 0 Å². The van der Waals surface area contributed by atoms with E-state index in [9.17, 15) is 22.8 Å². The molecule has 0 aliphatic heterocycles. The molecule has 166 valence electrons. The molecule has 1 atom stereocenters. The Bertz CT molecular complexity index is 1040. The Balaban J connectivity index is 2.34. The Morgan fingerprint density at radius 2 is 1.65 bits per heavy atom. The number of nitrogens with one attached hydrogen (secondary N) is 2. The van der Waals surface area contributed by atoms with Crippen molar-refractivity contribution in [2.75, 3.05) is 20.1 Å². The summed E-state index contributed by atoms with van der Waals surface area (Å²) < 4.78 is 32.1. The summed E-state index contributed by atoms with van der Waals surface area (Å²) in [6, 6.07) is 12.8. The fourth-order valence-electron chi connectivity index (χ4n) is 2.81. The second-order valence-electron chi connectivity index (χ2n) is 6.38. The van der Waals surface area contributed by atoms with Crippen LogP contribution in [0.1, 0.15) is 35.9 Å². The first-order valence-corrected chi connectivity index (χ1v) is 11.1. The van der Waals surface area contributed by atoms with E-state index < -0.39 is 34.0 Å². The third kappa shape index (κ3) is 5.89. The summed E-state index contributed by atoms with van der Waals surface area (Å²) >= 11 is 0. The van der Waals surface area contributed by atoms with Gasteiger partial charge in [0, 0.05) is 25.7 Å². The summed E-state index contributed by atoms with van der Waals surface area (Å²) in [6.07, 6.45) is -1.41. The molecule has 0 spiro atoms. The molecule has 2 aromatic rings. The predicted molar refractivity (Wildman–Crippen MR) is 114 cm³/mol. The minimum atomic E-state index is -3.78. The van der Waals surface area contributed by atoms with Gasteiger partial charge in [-0.25, -0.2) is 18.0 Å². The van der Waals surface area contributed by atoms with E-state index in [1.165, 1.54) is 35.6 Å². The average Bonchev–Trinajstić information content (AvgIpc) is 2.78. The first-order valence-electron chi connectivity index (χ1n) is 9.63. The topological polar surface area (TPSA) is 122 Å². The van der Waals surface area contributed by atoms with Gasteiger partial charge in [-0.15, -0.1) is 0 Å². The van der Waals surface area contributed by atoms with Crippen LogP contribution in [0.5, 0.6) is 0 Å². The summed E-state index contributed by atoms with van der Waals surface area (Å²) in [5.74, 6) is -1.75. The van der Waals surface area contributed by atoms with Crippen LogP contribution in [0.2, 0.25) is 0 Å². The van der Waals surface area contributed by atoms with Crippen molar-refractivity contribution in [3.05, 3.63) is 65.7 Å². The van der Waals surface area contributed by atoms with Gasteiger partial charge in [-0.2, -0.15) is 4.31 Å². The Morgan fingerprint density at radius 3 is 2.23 bits per heavy atom.